The second-order valence-corrected chi connectivity index (χ2v) is 11.6. The summed E-state index contributed by atoms with van der Waals surface area (Å²) in [5.41, 5.74) is -0.555. The number of carbonyl (C=O) groups excluding carboxylic acids is 2. The Morgan fingerprint density at radius 1 is 1.37 bits per heavy atom. The molecule has 1 atom stereocenters. The van der Waals surface area contributed by atoms with Crippen molar-refractivity contribution >= 4 is 19.9 Å². The van der Waals surface area contributed by atoms with E-state index in [4.69, 9.17) is 4.43 Å². The molecule has 108 valence electrons. The molecule has 0 saturated heterocycles. The SMILES string of the molecule is CC(=O)C[C@@]1(O[Si](C)(C)C)CC=C(C)C(=O)C1(C)C. The van der Waals surface area contributed by atoms with Crippen molar-refractivity contribution in [3.63, 3.8) is 0 Å². The van der Waals surface area contributed by atoms with Gasteiger partial charge < -0.3 is 4.43 Å². The van der Waals surface area contributed by atoms with E-state index in [1.165, 1.54) is 0 Å². The molecular formula is C15H26O3Si. The van der Waals surface area contributed by atoms with Crippen molar-refractivity contribution in [2.45, 2.75) is 65.8 Å². The van der Waals surface area contributed by atoms with Gasteiger partial charge in [-0.05, 0) is 59.3 Å². The largest absolute Gasteiger partial charge is 0.410 e. The monoisotopic (exact) mass is 282 g/mol. The number of carbonyl (C=O) groups is 2. The highest BCUT2D eigenvalue weighted by molar-refractivity contribution is 6.69. The number of hydrogen-bond acceptors (Lipinski definition) is 3. The number of hydrogen-bond donors (Lipinski definition) is 0. The maximum atomic E-state index is 12.5. The van der Waals surface area contributed by atoms with Crippen LogP contribution in [0.3, 0.4) is 0 Å². The van der Waals surface area contributed by atoms with Crippen molar-refractivity contribution in [2.75, 3.05) is 0 Å². The summed E-state index contributed by atoms with van der Waals surface area (Å²) in [7, 11) is -1.86. The Kier molecular flexibility index (Phi) is 4.28. The summed E-state index contributed by atoms with van der Waals surface area (Å²) < 4.78 is 6.36. The number of allylic oxidation sites excluding steroid dienone is 1. The fourth-order valence-corrected chi connectivity index (χ4v) is 4.44. The lowest BCUT2D eigenvalue weighted by Gasteiger charge is -2.50. The van der Waals surface area contributed by atoms with Gasteiger partial charge >= 0.3 is 0 Å². The summed E-state index contributed by atoms with van der Waals surface area (Å²) >= 11 is 0. The standard InChI is InChI=1S/C15H26O3Si/c1-11-8-9-15(10-12(2)16,18-19(5,6)7)14(3,4)13(11)17/h8H,9-10H2,1-7H3/t15-/m0/s1. The highest BCUT2D eigenvalue weighted by atomic mass is 28.4. The van der Waals surface area contributed by atoms with Crippen molar-refractivity contribution < 1.29 is 14.0 Å². The summed E-state index contributed by atoms with van der Waals surface area (Å²) in [6.07, 6.45) is 2.87. The molecule has 0 amide bonds. The van der Waals surface area contributed by atoms with Crippen LogP contribution in [0, 0.1) is 5.41 Å². The molecule has 0 saturated carbocycles. The third-order valence-electron chi connectivity index (χ3n) is 3.84. The zero-order valence-electron chi connectivity index (χ0n) is 13.2. The zero-order chi connectivity index (χ0) is 15.1. The van der Waals surface area contributed by atoms with Crippen LogP contribution in [0.4, 0.5) is 0 Å². The summed E-state index contributed by atoms with van der Waals surface area (Å²) in [5.74, 6) is 0.172. The average molecular weight is 282 g/mol. The maximum absolute atomic E-state index is 12.5. The van der Waals surface area contributed by atoms with Crippen LogP contribution in [0.15, 0.2) is 11.6 Å². The lowest BCUT2D eigenvalue weighted by molar-refractivity contribution is -0.143. The molecule has 1 rings (SSSR count). The zero-order valence-corrected chi connectivity index (χ0v) is 14.2. The Hall–Kier alpha value is -0.743. The molecule has 0 N–H and O–H groups in total. The van der Waals surface area contributed by atoms with Crippen molar-refractivity contribution in [1.82, 2.24) is 0 Å². The van der Waals surface area contributed by atoms with E-state index in [2.05, 4.69) is 19.6 Å². The van der Waals surface area contributed by atoms with Crippen LogP contribution < -0.4 is 0 Å². The van der Waals surface area contributed by atoms with E-state index < -0.39 is 19.3 Å². The Balaban J connectivity index is 3.31. The second kappa shape index (κ2) is 4.98. The van der Waals surface area contributed by atoms with Gasteiger partial charge in [-0.1, -0.05) is 6.08 Å². The molecule has 0 aliphatic heterocycles. The number of Topliss-reactive ketones (excluding diaryl/α,β-unsaturated/α-hetero) is 2. The fourth-order valence-electron chi connectivity index (χ4n) is 2.85. The first-order valence-corrected chi connectivity index (χ1v) is 10.2. The molecule has 0 aromatic rings. The Morgan fingerprint density at radius 3 is 2.32 bits per heavy atom. The minimum atomic E-state index is -1.86. The summed E-state index contributed by atoms with van der Waals surface area (Å²) in [6, 6.07) is 0. The third kappa shape index (κ3) is 3.23. The maximum Gasteiger partial charge on any atom is 0.184 e. The second-order valence-electron chi connectivity index (χ2n) is 7.13. The minimum Gasteiger partial charge on any atom is -0.410 e. The number of ketones is 2. The van der Waals surface area contributed by atoms with Gasteiger partial charge in [0.15, 0.2) is 14.1 Å². The predicted molar refractivity (Wildman–Crippen MR) is 79.6 cm³/mol. The molecular weight excluding hydrogens is 256 g/mol. The van der Waals surface area contributed by atoms with E-state index in [0.717, 1.165) is 5.57 Å². The molecule has 0 aromatic carbocycles. The summed E-state index contributed by atoms with van der Waals surface area (Å²) in [4.78, 5) is 24.2. The van der Waals surface area contributed by atoms with Gasteiger partial charge in [0.1, 0.15) is 5.78 Å². The Morgan fingerprint density at radius 2 is 1.89 bits per heavy atom. The van der Waals surface area contributed by atoms with Gasteiger partial charge in [-0.15, -0.1) is 0 Å². The molecule has 0 spiro atoms. The minimum absolute atomic E-state index is 0.0760. The van der Waals surface area contributed by atoms with Gasteiger partial charge in [-0.25, -0.2) is 0 Å². The van der Waals surface area contributed by atoms with Crippen LogP contribution >= 0.6 is 0 Å². The van der Waals surface area contributed by atoms with Gasteiger partial charge in [0.05, 0.1) is 11.0 Å². The van der Waals surface area contributed by atoms with Crippen LogP contribution in [0.2, 0.25) is 19.6 Å². The average Bonchev–Trinajstić information content (AvgIpc) is 2.19. The molecule has 1 aliphatic carbocycles. The third-order valence-corrected chi connectivity index (χ3v) is 4.84. The molecule has 0 heterocycles. The van der Waals surface area contributed by atoms with Gasteiger partial charge in [-0.2, -0.15) is 0 Å². The Bertz CT molecular complexity index is 429. The highest BCUT2D eigenvalue weighted by Crippen LogP contribution is 2.47. The van der Waals surface area contributed by atoms with Gasteiger partial charge in [0, 0.05) is 6.42 Å². The van der Waals surface area contributed by atoms with E-state index in [1.807, 2.05) is 26.8 Å². The van der Waals surface area contributed by atoms with Crippen LogP contribution in [0.1, 0.15) is 40.5 Å². The van der Waals surface area contributed by atoms with Crippen molar-refractivity contribution in [1.29, 1.82) is 0 Å². The Labute approximate surface area is 117 Å². The van der Waals surface area contributed by atoms with E-state index in [9.17, 15) is 9.59 Å². The lowest BCUT2D eigenvalue weighted by atomic mass is 9.63. The quantitative estimate of drug-likeness (QED) is 0.741. The highest BCUT2D eigenvalue weighted by Gasteiger charge is 2.54. The summed E-state index contributed by atoms with van der Waals surface area (Å²) in [6.45, 7) is 13.5. The van der Waals surface area contributed by atoms with Gasteiger partial charge in [0.2, 0.25) is 0 Å². The van der Waals surface area contributed by atoms with Gasteiger partial charge in [-0.3, -0.25) is 9.59 Å². The van der Waals surface area contributed by atoms with Crippen LogP contribution in [-0.4, -0.2) is 25.5 Å². The molecule has 0 unspecified atom stereocenters. The van der Waals surface area contributed by atoms with Gasteiger partial charge in [0.25, 0.3) is 0 Å². The van der Waals surface area contributed by atoms with Crippen molar-refractivity contribution in [3.05, 3.63) is 11.6 Å². The van der Waals surface area contributed by atoms with Crippen LogP contribution in [0.25, 0.3) is 0 Å². The van der Waals surface area contributed by atoms with Crippen molar-refractivity contribution in [3.8, 4) is 0 Å². The first-order valence-electron chi connectivity index (χ1n) is 6.82. The van der Waals surface area contributed by atoms with E-state index in [-0.39, 0.29) is 11.6 Å². The normalized spacial score (nSPS) is 27.1. The molecule has 4 heteroatoms. The summed E-state index contributed by atoms with van der Waals surface area (Å²) in [5, 5.41) is 0. The van der Waals surface area contributed by atoms with Crippen LogP contribution in [-0.2, 0) is 14.0 Å². The molecule has 1 aliphatic rings. The van der Waals surface area contributed by atoms with Crippen molar-refractivity contribution in [2.24, 2.45) is 5.41 Å². The molecule has 0 fully saturated rings. The topological polar surface area (TPSA) is 43.4 Å². The predicted octanol–water partition coefficient (Wildman–Crippen LogP) is 3.50. The molecule has 0 bridgehead atoms. The molecule has 19 heavy (non-hydrogen) atoms. The van der Waals surface area contributed by atoms with E-state index in [0.29, 0.717) is 12.8 Å². The van der Waals surface area contributed by atoms with E-state index in [1.54, 1.807) is 6.92 Å². The first-order chi connectivity index (χ1) is 8.41. The number of rotatable bonds is 4. The first kappa shape index (κ1) is 16.3. The smallest absolute Gasteiger partial charge is 0.184 e. The molecule has 3 nitrogen and oxygen atoms in total. The molecule has 0 radical (unpaired) electrons. The molecule has 0 aromatic heterocycles. The van der Waals surface area contributed by atoms with E-state index >= 15 is 0 Å². The fraction of sp³-hybridized carbons (Fsp3) is 0.733. The lowest BCUT2D eigenvalue weighted by Crippen LogP contribution is -2.58. The van der Waals surface area contributed by atoms with Crippen LogP contribution in [0.5, 0.6) is 0 Å².